The number of hydrogen-bond donors (Lipinski definition) is 1. The fourth-order valence-corrected chi connectivity index (χ4v) is 6.89. The van der Waals surface area contributed by atoms with Gasteiger partial charge in [0, 0.05) is 56.4 Å². The van der Waals surface area contributed by atoms with E-state index in [0.717, 1.165) is 19.6 Å². The zero-order chi connectivity index (χ0) is 26.3. The summed E-state index contributed by atoms with van der Waals surface area (Å²) in [7, 11) is 0. The van der Waals surface area contributed by atoms with E-state index in [-0.39, 0.29) is 5.82 Å². The van der Waals surface area contributed by atoms with Crippen molar-refractivity contribution >= 4 is 39.7 Å². The number of fused-ring (bicyclic) bond motifs is 2. The maximum Gasteiger partial charge on any atom is 0.420 e. The van der Waals surface area contributed by atoms with Gasteiger partial charge in [0.1, 0.15) is 5.82 Å². The normalized spacial score (nSPS) is 22.7. The van der Waals surface area contributed by atoms with E-state index >= 15 is 4.39 Å². The summed E-state index contributed by atoms with van der Waals surface area (Å²) in [6, 6.07) is 17.1. The zero-order valence-corrected chi connectivity index (χ0v) is 22.4. The number of benzene rings is 2. The first-order valence-electron chi connectivity index (χ1n) is 13.6. The van der Waals surface area contributed by atoms with Crippen molar-refractivity contribution in [1.82, 2.24) is 9.88 Å². The van der Waals surface area contributed by atoms with E-state index in [0.29, 0.717) is 67.0 Å². The minimum absolute atomic E-state index is 0.329. The quantitative estimate of drug-likeness (QED) is 0.328. The van der Waals surface area contributed by atoms with Gasteiger partial charge < -0.3 is 19.4 Å². The molecular formula is C30H31FN4O3S. The number of carbonyl (C=O) groups excluding carboxylic acids is 1. The van der Waals surface area contributed by atoms with Crippen molar-refractivity contribution in [3.63, 3.8) is 0 Å². The minimum Gasteiger partial charge on any atom is -0.399 e. The fraction of sp³-hybridized carbons (Fsp3) is 0.367. The molecule has 7 nitrogen and oxygen atoms in total. The number of morpholine rings is 1. The molecule has 3 aliphatic rings. The Balaban J connectivity index is 1.05. The Kier molecular flexibility index (Phi) is 6.50. The summed E-state index contributed by atoms with van der Waals surface area (Å²) < 4.78 is 26.4. The third-order valence-corrected chi connectivity index (χ3v) is 9.15. The number of para-hydroxylation sites is 1. The van der Waals surface area contributed by atoms with Crippen LogP contribution in [0.2, 0.25) is 0 Å². The summed E-state index contributed by atoms with van der Waals surface area (Å²) in [5.74, 6) is 1.11. The number of likely N-dealkylation sites (tertiary alicyclic amines) is 1. The molecule has 4 heterocycles. The average Bonchev–Trinajstić information content (AvgIpc) is 3.43. The summed E-state index contributed by atoms with van der Waals surface area (Å²) in [6.45, 7) is 5.94. The third-order valence-electron chi connectivity index (χ3n) is 8.41. The molecule has 0 radical (unpaired) electrons. The molecule has 1 aliphatic carbocycles. The molecule has 7 rings (SSSR count). The maximum absolute atomic E-state index is 15.3. The lowest BCUT2D eigenvalue weighted by atomic mass is 10.1. The van der Waals surface area contributed by atoms with Gasteiger partial charge in [-0.3, -0.25) is 9.80 Å². The molecule has 0 bridgehead atoms. The van der Waals surface area contributed by atoms with Crippen molar-refractivity contribution < 1.29 is 18.7 Å². The van der Waals surface area contributed by atoms with Gasteiger partial charge in [0.15, 0.2) is 5.06 Å². The van der Waals surface area contributed by atoms with Crippen LogP contribution in [0.4, 0.5) is 20.6 Å². The van der Waals surface area contributed by atoms with Crippen molar-refractivity contribution in [2.75, 3.05) is 55.7 Å². The topological polar surface area (TPSA) is 61.0 Å². The number of hydrogen-bond acceptors (Lipinski definition) is 6. The van der Waals surface area contributed by atoms with Crippen LogP contribution < -0.4 is 14.5 Å². The number of rotatable bonds is 7. The Morgan fingerprint density at radius 3 is 2.69 bits per heavy atom. The molecule has 2 aliphatic heterocycles. The lowest BCUT2D eigenvalue weighted by Gasteiger charge is -2.30. The number of aromatic nitrogens is 1. The number of thiophene rings is 1. The van der Waals surface area contributed by atoms with E-state index in [4.69, 9.17) is 9.47 Å². The van der Waals surface area contributed by atoms with Gasteiger partial charge in [0.25, 0.3) is 0 Å². The van der Waals surface area contributed by atoms with Crippen molar-refractivity contribution in [1.29, 1.82) is 0 Å². The van der Waals surface area contributed by atoms with E-state index in [1.165, 1.54) is 33.9 Å². The van der Waals surface area contributed by atoms with Gasteiger partial charge in [-0.05, 0) is 65.1 Å². The highest BCUT2D eigenvalue weighted by Crippen LogP contribution is 2.52. The number of halogens is 1. The minimum atomic E-state index is -0.461. The second-order valence-corrected chi connectivity index (χ2v) is 11.6. The molecule has 39 heavy (non-hydrogen) atoms. The standard InChI is InChI=1S/C30H31FN4O3S/c31-26-14-21(7-8-28(26)34-9-11-37-12-10-34)35(30(36)38-29-6-3-13-39-29)19-25-23-17-33(18-24(23)25)16-20-15-32-27-5-2-1-4-22(20)27/h1-8,13-15,23-25,32H,9-12,16-19H2. The van der Waals surface area contributed by atoms with Crippen molar-refractivity contribution in [3.05, 3.63) is 77.6 Å². The smallest absolute Gasteiger partial charge is 0.399 e. The van der Waals surface area contributed by atoms with E-state index in [9.17, 15) is 4.79 Å². The first-order valence-corrected chi connectivity index (χ1v) is 14.4. The second kappa shape index (κ2) is 10.3. The Morgan fingerprint density at radius 1 is 1.10 bits per heavy atom. The fourth-order valence-electron chi connectivity index (χ4n) is 6.32. The second-order valence-electron chi connectivity index (χ2n) is 10.7. The molecule has 9 heteroatoms. The summed E-state index contributed by atoms with van der Waals surface area (Å²) in [4.78, 5) is 22.8. The van der Waals surface area contributed by atoms with E-state index in [2.05, 4.69) is 40.3 Å². The van der Waals surface area contributed by atoms with Crippen LogP contribution in [0.15, 0.2) is 66.2 Å². The van der Waals surface area contributed by atoms with Crippen molar-refractivity contribution in [3.8, 4) is 5.06 Å². The highest BCUT2D eigenvalue weighted by Gasteiger charge is 2.56. The van der Waals surface area contributed by atoms with Crippen LogP contribution in [0.3, 0.4) is 0 Å². The first-order chi connectivity index (χ1) is 19.1. The van der Waals surface area contributed by atoms with Gasteiger partial charge >= 0.3 is 6.09 Å². The number of nitrogens with one attached hydrogen (secondary N) is 1. The summed E-state index contributed by atoms with van der Waals surface area (Å²) in [6.07, 6.45) is 1.65. The van der Waals surface area contributed by atoms with Crippen LogP contribution in [0.1, 0.15) is 5.56 Å². The lowest BCUT2D eigenvalue weighted by Crippen LogP contribution is -2.38. The monoisotopic (exact) mass is 546 g/mol. The molecule has 0 spiro atoms. The zero-order valence-electron chi connectivity index (χ0n) is 21.6. The van der Waals surface area contributed by atoms with E-state index < -0.39 is 6.09 Å². The van der Waals surface area contributed by atoms with Gasteiger partial charge in [0.05, 0.1) is 24.6 Å². The van der Waals surface area contributed by atoms with Gasteiger partial charge in [0.2, 0.25) is 0 Å². The Labute approximate surface area is 230 Å². The first kappa shape index (κ1) is 24.6. The molecule has 1 amide bonds. The molecule has 3 fully saturated rings. The molecule has 1 saturated carbocycles. The summed E-state index contributed by atoms with van der Waals surface area (Å²) >= 11 is 1.37. The molecule has 2 atom stereocenters. The highest BCUT2D eigenvalue weighted by atomic mass is 32.1. The van der Waals surface area contributed by atoms with Crippen molar-refractivity contribution in [2.24, 2.45) is 17.8 Å². The Morgan fingerprint density at radius 2 is 1.92 bits per heavy atom. The van der Waals surface area contributed by atoms with Crippen LogP contribution in [-0.2, 0) is 11.3 Å². The van der Waals surface area contributed by atoms with Gasteiger partial charge in [-0.2, -0.15) is 0 Å². The van der Waals surface area contributed by atoms with Crippen LogP contribution >= 0.6 is 11.3 Å². The van der Waals surface area contributed by atoms with Crippen LogP contribution in [-0.4, -0.2) is 61.9 Å². The number of ether oxygens (including phenoxy) is 2. The van der Waals surface area contributed by atoms with Gasteiger partial charge in [-0.15, -0.1) is 11.3 Å². The molecule has 4 aromatic rings. The Hall–Kier alpha value is -3.40. The predicted molar refractivity (Wildman–Crippen MR) is 151 cm³/mol. The molecule has 2 aromatic heterocycles. The third kappa shape index (κ3) is 4.90. The van der Waals surface area contributed by atoms with Crippen LogP contribution in [0.25, 0.3) is 10.9 Å². The van der Waals surface area contributed by atoms with Crippen molar-refractivity contribution in [2.45, 2.75) is 6.54 Å². The summed E-state index contributed by atoms with van der Waals surface area (Å²) in [5, 5.41) is 3.69. The van der Waals surface area contributed by atoms with Gasteiger partial charge in [-0.1, -0.05) is 18.2 Å². The summed E-state index contributed by atoms with van der Waals surface area (Å²) in [5.41, 5.74) is 3.57. The SMILES string of the molecule is O=C(Oc1cccs1)N(CC1C2CN(Cc3c[nH]c4ccccc34)CC21)c1ccc(N2CCOCC2)c(F)c1. The lowest BCUT2D eigenvalue weighted by molar-refractivity contribution is 0.122. The number of aromatic amines is 1. The molecular weight excluding hydrogens is 515 g/mol. The van der Waals surface area contributed by atoms with Crippen LogP contribution in [0.5, 0.6) is 5.06 Å². The number of carbonyl (C=O) groups is 1. The molecule has 2 saturated heterocycles. The van der Waals surface area contributed by atoms with E-state index in [1.54, 1.807) is 17.0 Å². The van der Waals surface area contributed by atoms with E-state index in [1.807, 2.05) is 22.4 Å². The molecule has 2 aromatic carbocycles. The molecule has 2 unspecified atom stereocenters. The molecule has 202 valence electrons. The molecule has 1 N–H and O–H groups in total. The maximum atomic E-state index is 15.3. The van der Waals surface area contributed by atoms with Gasteiger partial charge in [-0.25, -0.2) is 9.18 Å². The largest absolute Gasteiger partial charge is 0.420 e. The average molecular weight is 547 g/mol. The number of piperidine rings is 1. The number of H-pyrrole nitrogens is 1. The highest BCUT2D eigenvalue weighted by molar-refractivity contribution is 7.11. The predicted octanol–water partition coefficient (Wildman–Crippen LogP) is 5.59. The number of nitrogens with zero attached hydrogens (tertiary/aromatic N) is 3. The van der Waals surface area contributed by atoms with Crippen LogP contribution in [0, 0.1) is 23.6 Å². The Bertz CT molecular complexity index is 1460. The number of anilines is 2. The number of amides is 1.